The monoisotopic (exact) mass is 217 g/mol. The molecule has 1 saturated carbocycles. The number of nitrogens with two attached hydrogens (primary N) is 1. The van der Waals surface area contributed by atoms with Crippen LogP contribution >= 0.6 is 11.6 Å². The predicted molar refractivity (Wildman–Crippen MR) is 51.1 cm³/mol. The van der Waals surface area contributed by atoms with Crippen molar-refractivity contribution in [3.8, 4) is 0 Å². The van der Waals surface area contributed by atoms with Crippen LogP contribution in [0.5, 0.6) is 0 Å². The van der Waals surface area contributed by atoms with Gasteiger partial charge in [-0.25, -0.2) is 8.78 Å². The van der Waals surface area contributed by atoms with E-state index in [2.05, 4.69) is 0 Å². The fourth-order valence-corrected chi connectivity index (χ4v) is 1.95. The Kier molecular flexibility index (Phi) is 2.24. The molecule has 0 aromatic heterocycles. The SMILES string of the molecule is NC1(c2c(F)ccc(Cl)c2F)CCC1. The molecule has 0 saturated heterocycles. The second-order valence-electron chi connectivity index (χ2n) is 3.73. The van der Waals surface area contributed by atoms with Crippen LogP contribution in [0.4, 0.5) is 8.78 Å². The van der Waals surface area contributed by atoms with Crippen molar-refractivity contribution in [3.05, 3.63) is 34.4 Å². The van der Waals surface area contributed by atoms with E-state index < -0.39 is 17.2 Å². The number of rotatable bonds is 1. The molecule has 2 rings (SSSR count). The number of benzene rings is 1. The van der Waals surface area contributed by atoms with E-state index in [1.807, 2.05) is 0 Å². The zero-order chi connectivity index (χ0) is 10.3. The van der Waals surface area contributed by atoms with Crippen LogP contribution in [0.3, 0.4) is 0 Å². The molecule has 14 heavy (non-hydrogen) atoms. The van der Waals surface area contributed by atoms with Crippen molar-refractivity contribution in [2.75, 3.05) is 0 Å². The Hall–Kier alpha value is -0.670. The van der Waals surface area contributed by atoms with E-state index in [-0.39, 0.29) is 10.6 Å². The van der Waals surface area contributed by atoms with Crippen molar-refractivity contribution in [1.29, 1.82) is 0 Å². The molecule has 1 aliphatic carbocycles. The van der Waals surface area contributed by atoms with Gasteiger partial charge < -0.3 is 5.73 Å². The van der Waals surface area contributed by atoms with Crippen LogP contribution in [0.25, 0.3) is 0 Å². The summed E-state index contributed by atoms with van der Waals surface area (Å²) in [6.07, 6.45) is 2.13. The molecule has 4 heteroatoms. The second-order valence-corrected chi connectivity index (χ2v) is 4.14. The standard InChI is InChI=1S/C10H10ClF2N/c11-6-2-3-7(12)8(9(6)13)10(14)4-1-5-10/h2-3H,1,4-5,14H2. The normalized spacial score (nSPS) is 19.1. The van der Waals surface area contributed by atoms with E-state index in [0.717, 1.165) is 12.5 Å². The minimum atomic E-state index is -0.848. The third-order valence-electron chi connectivity index (χ3n) is 2.79. The van der Waals surface area contributed by atoms with Gasteiger partial charge in [0.15, 0.2) is 0 Å². The van der Waals surface area contributed by atoms with Gasteiger partial charge in [-0.2, -0.15) is 0 Å². The van der Waals surface area contributed by atoms with E-state index in [0.29, 0.717) is 12.8 Å². The molecular weight excluding hydrogens is 208 g/mol. The van der Waals surface area contributed by atoms with Crippen LogP contribution in [0, 0.1) is 11.6 Å². The van der Waals surface area contributed by atoms with E-state index in [1.54, 1.807) is 0 Å². The first-order valence-electron chi connectivity index (χ1n) is 4.47. The van der Waals surface area contributed by atoms with E-state index in [1.165, 1.54) is 6.07 Å². The van der Waals surface area contributed by atoms with Gasteiger partial charge in [0.05, 0.1) is 5.02 Å². The maximum Gasteiger partial charge on any atom is 0.149 e. The van der Waals surface area contributed by atoms with Crippen LogP contribution in [-0.4, -0.2) is 0 Å². The number of hydrogen-bond donors (Lipinski definition) is 1. The Labute approximate surface area is 85.9 Å². The first kappa shape index (κ1) is 9.87. The summed E-state index contributed by atoms with van der Waals surface area (Å²) in [6.45, 7) is 0. The molecule has 0 heterocycles. The molecule has 0 unspecified atom stereocenters. The Morgan fingerprint density at radius 1 is 1.29 bits per heavy atom. The molecule has 0 aliphatic heterocycles. The lowest BCUT2D eigenvalue weighted by Gasteiger charge is -2.38. The van der Waals surface area contributed by atoms with Crippen molar-refractivity contribution in [1.82, 2.24) is 0 Å². The molecule has 0 atom stereocenters. The van der Waals surface area contributed by atoms with Gasteiger partial charge in [0.25, 0.3) is 0 Å². The Bertz CT molecular complexity index is 375. The molecule has 1 aliphatic rings. The fraction of sp³-hybridized carbons (Fsp3) is 0.400. The van der Waals surface area contributed by atoms with Gasteiger partial charge in [0, 0.05) is 11.1 Å². The topological polar surface area (TPSA) is 26.0 Å². The highest BCUT2D eigenvalue weighted by Crippen LogP contribution is 2.42. The number of hydrogen-bond acceptors (Lipinski definition) is 1. The van der Waals surface area contributed by atoms with Crippen LogP contribution in [0.15, 0.2) is 12.1 Å². The molecule has 1 aromatic rings. The molecule has 1 aromatic carbocycles. The average molecular weight is 218 g/mol. The first-order valence-corrected chi connectivity index (χ1v) is 4.85. The smallest absolute Gasteiger partial charge is 0.149 e. The predicted octanol–water partition coefficient (Wildman–Crippen LogP) is 2.96. The fourth-order valence-electron chi connectivity index (χ4n) is 1.79. The summed E-state index contributed by atoms with van der Waals surface area (Å²) in [4.78, 5) is 0. The van der Waals surface area contributed by atoms with E-state index in [9.17, 15) is 8.78 Å². The lowest BCUT2D eigenvalue weighted by Crippen LogP contribution is -2.44. The molecule has 0 spiro atoms. The van der Waals surface area contributed by atoms with Gasteiger partial charge in [-0.1, -0.05) is 11.6 Å². The molecular formula is C10H10ClF2N. The minimum absolute atomic E-state index is 0.0590. The Morgan fingerprint density at radius 3 is 2.43 bits per heavy atom. The van der Waals surface area contributed by atoms with Crippen molar-refractivity contribution in [3.63, 3.8) is 0 Å². The van der Waals surface area contributed by atoms with Crippen molar-refractivity contribution in [2.45, 2.75) is 24.8 Å². The second kappa shape index (κ2) is 3.17. The third kappa shape index (κ3) is 1.31. The summed E-state index contributed by atoms with van der Waals surface area (Å²) in [5.74, 6) is -1.32. The average Bonchev–Trinajstić information content (AvgIpc) is 2.09. The summed E-state index contributed by atoms with van der Waals surface area (Å²) in [6, 6.07) is 2.37. The summed E-state index contributed by atoms with van der Waals surface area (Å²) < 4.78 is 26.9. The minimum Gasteiger partial charge on any atom is -0.321 e. The van der Waals surface area contributed by atoms with Gasteiger partial charge in [-0.3, -0.25) is 0 Å². The van der Waals surface area contributed by atoms with Gasteiger partial charge in [0.1, 0.15) is 11.6 Å². The highest BCUT2D eigenvalue weighted by Gasteiger charge is 2.39. The lowest BCUT2D eigenvalue weighted by atomic mass is 9.72. The van der Waals surface area contributed by atoms with Gasteiger partial charge >= 0.3 is 0 Å². The van der Waals surface area contributed by atoms with Crippen molar-refractivity contribution < 1.29 is 8.78 Å². The maximum atomic E-state index is 13.5. The lowest BCUT2D eigenvalue weighted by molar-refractivity contribution is 0.236. The quantitative estimate of drug-likeness (QED) is 0.720. The van der Waals surface area contributed by atoms with Crippen molar-refractivity contribution >= 4 is 11.6 Å². The summed E-state index contributed by atoms with van der Waals surface area (Å²) in [5.41, 5.74) is 4.95. The summed E-state index contributed by atoms with van der Waals surface area (Å²) >= 11 is 5.58. The zero-order valence-corrected chi connectivity index (χ0v) is 8.24. The van der Waals surface area contributed by atoms with Crippen LogP contribution in [-0.2, 0) is 5.54 Å². The van der Waals surface area contributed by atoms with Crippen LogP contribution in [0.2, 0.25) is 5.02 Å². The van der Waals surface area contributed by atoms with Crippen LogP contribution < -0.4 is 5.73 Å². The highest BCUT2D eigenvalue weighted by molar-refractivity contribution is 6.30. The van der Waals surface area contributed by atoms with Crippen LogP contribution in [0.1, 0.15) is 24.8 Å². The van der Waals surface area contributed by atoms with Gasteiger partial charge in [-0.05, 0) is 31.4 Å². The third-order valence-corrected chi connectivity index (χ3v) is 3.08. The van der Waals surface area contributed by atoms with Gasteiger partial charge in [-0.15, -0.1) is 0 Å². The molecule has 2 N–H and O–H groups in total. The number of halogens is 3. The maximum absolute atomic E-state index is 13.5. The molecule has 1 nitrogen and oxygen atoms in total. The Balaban J connectivity index is 2.56. The molecule has 0 bridgehead atoms. The van der Waals surface area contributed by atoms with Gasteiger partial charge in [0.2, 0.25) is 0 Å². The first-order chi connectivity index (χ1) is 6.54. The van der Waals surface area contributed by atoms with Crippen molar-refractivity contribution in [2.24, 2.45) is 5.73 Å². The molecule has 0 radical (unpaired) electrons. The summed E-state index contributed by atoms with van der Waals surface area (Å²) in [5, 5.41) is -0.0712. The highest BCUT2D eigenvalue weighted by atomic mass is 35.5. The zero-order valence-electron chi connectivity index (χ0n) is 7.49. The van der Waals surface area contributed by atoms with E-state index in [4.69, 9.17) is 17.3 Å². The molecule has 0 amide bonds. The summed E-state index contributed by atoms with van der Waals surface area (Å²) in [7, 11) is 0. The van der Waals surface area contributed by atoms with E-state index >= 15 is 0 Å². The largest absolute Gasteiger partial charge is 0.321 e. The Morgan fingerprint density at radius 2 is 1.93 bits per heavy atom. The molecule has 76 valence electrons. The molecule has 1 fully saturated rings.